The molecule has 1 fully saturated rings. The number of nitrogens with zero attached hydrogens (tertiary/aromatic N) is 4. The molecular weight excluding hydrogens is 423 g/mol. The van der Waals surface area contributed by atoms with Crippen molar-refractivity contribution in [3.05, 3.63) is 46.8 Å². The summed E-state index contributed by atoms with van der Waals surface area (Å²) in [5.41, 5.74) is 4.16. The number of halogens is 2. The van der Waals surface area contributed by atoms with E-state index < -0.39 is 0 Å². The van der Waals surface area contributed by atoms with Crippen LogP contribution in [0.2, 0.25) is 0 Å². The van der Waals surface area contributed by atoms with Gasteiger partial charge in [-0.1, -0.05) is 29.5 Å². The SMILES string of the molecule is Cc1c(C(=O)NCC(C)N2CCc3ccccc3C2)nnn1C1CCNCC1.Cl.Cl. The number of carbonyl (C=O) groups is 1. The zero-order valence-electron chi connectivity index (χ0n) is 17.6. The van der Waals surface area contributed by atoms with Crippen LogP contribution in [-0.2, 0) is 13.0 Å². The summed E-state index contributed by atoms with van der Waals surface area (Å²) in [4.78, 5) is 15.1. The van der Waals surface area contributed by atoms with Gasteiger partial charge in [-0.05, 0) is 57.3 Å². The molecule has 1 amide bonds. The standard InChI is InChI=1S/C21H30N6O.2ClH/c1-15(26-12-9-17-5-3-4-6-18(17)14-26)13-23-21(28)20-16(2)27(25-24-20)19-7-10-22-11-8-19;;/h3-6,15,19,22H,7-14H2,1-2H3,(H,23,28);2*1H. The molecule has 1 unspecified atom stereocenters. The Kier molecular flexibility index (Phi) is 9.09. The second kappa shape index (κ2) is 11.1. The molecule has 0 radical (unpaired) electrons. The summed E-state index contributed by atoms with van der Waals surface area (Å²) >= 11 is 0. The maximum atomic E-state index is 12.7. The van der Waals surface area contributed by atoms with Gasteiger partial charge in [-0.2, -0.15) is 0 Å². The van der Waals surface area contributed by atoms with Gasteiger partial charge in [-0.15, -0.1) is 29.9 Å². The normalized spacial score (nSPS) is 17.9. The summed E-state index contributed by atoms with van der Waals surface area (Å²) in [6.45, 7) is 8.68. The number of carbonyl (C=O) groups excluding carboxylic acids is 1. The molecule has 0 bridgehead atoms. The van der Waals surface area contributed by atoms with Crippen molar-refractivity contribution >= 4 is 30.7 Å². The first-order valence-corrected chi connectivity index (χ1v) is 10.3. The summed E-state index contributed by atoms with van der Waals surface area (Å²) in [6, 6.07) is 9.24. The molecule has 7 nitrogen and oxygen atoms in total. The van der Waals surface area contributed by atoms with Crippen LogP contribution in [0.25, 0.3) is 0 Å². The Morgan fingerprint density at radius 3 is 2.67 bits per heavy atom. The van der Waals surface area contributed by atoms with Gasteiger partial charge in [-0.3, -0.25) is 9.69 Å². The molecule has 0 saturated carbocycles. The number of piperidine rings is 1. The van der Waals surface area contributed by atoms with E-state index in [0.29, 0.717) is 18.3 Å². The first kappa shape index (κ1) is 24.6. The third kappa shape index (κ3) is 5.32. The van der Waals surface area contributed by atoms with Crippen LogP contribution in [0, 0.1) is 6.92 Å². The number of amides is 1. The van der Waals surface area contributed by atoms with Crippen LogP contribution < -0.4 is 10.6 Å². The average Bonchev–Trinajstić information content (AvgIpc) is 3.13. The zero-order valence-corrected chi connectivity index (χ0v) is 19.3. The van der Waals surface area contributed by atoms with E-state index in [2.05, 4.69) is 57.0 Å². The monoisotopic (exact) mass is 454 g/mol. The Balaban J connectivity index is 0.00000160. The van der Waals surface area contributed by atoms with Crippen LogP contribution in [0.4, 0.5) is 0 Å². The minimum absolute atomic E-state index is 0. The third-order valence-electron chi connectivity index (χ3n) is 6.14. The molecule has 2 aliphatic heterocycles. The fourth-order valence-corrected chi connectivity index (χ4v) is 4.30. The highest BCUT2D eigenvalue weighted by atomic mass is 35.5. The van der Waals surface area contributed by atoms with Gasteiger partial charge < -0.3 is 10.6 Å². The van der Waals surface area contributed by atoms with Crippen molar-refractivity contribution in [1.82, 2.24) is 30.5 Å². The van der Waals surface area contributed by atoms with E-state index in [4.69, 9.17) is 0 Å². The average molecular weight is 455 g/mol. The lowest BCUT2D eigenvalue weighted by atomic mass is 9.99. The molecule has 1 atom stereocenters. The molecule has 3 heterocycles. The highest BCUT2D eigenvalue weighted by Crippen LogP contribution is 2.21. The van der Waals surface area contributed by atoms with E-state index in [1.165, 1.54) is 11.1 Å². The number of nitrogens with one attached hydrogen (secondary N) is 2. The predicted octanol–water partition coefficient (Wildman–Crippen LogP) is 2.53. The van der Waals surface area contributed by atoms with Crippen molar-refractivity contribution in [3.63, 3.8) is 0 Å². The van der Waals surface area contributed by atoms with Gasteiger partial charge in [0.05, 0.1) is 11.7 Å². The molecule has 9 heteroatoms. The number of aromatic nitrogens is 3. The Morgan fingerprint density at radius 2 is 1.93 bits per heavy atom. The maximum Gasteiger partial charge on any atom is 0.273 e. The fourth-order valence-electron chi connectivity index (χ4n) is 4.30. The van der Waals surface area contributed by atoms with E-state index >= 15 is 0 Å². The molecule has 2 aliphatic rings. The summed E-state index contributed by atoms with van der Waals surface area (Å²) in [6.07, 6.45) is 3.12. The first-order valence-electron chi connectivity index (χ1n) is 10.3. The van der Waals surface area contributed by atoms with E-state index in [-0.39, 0.29) is 36.8 Å². The second-order valence-corrected chi connectivity index (χ2v) is 8.00. The third-order valence-corrected chi connectivity index (χ3v) is 6.14. The molecule has 166 valence electrons. The fraction of sp³-hybridized carbons (Fsp3) is 0.571. The molecule has 1 aromatic heterocycles. The van der Waals surface area contributed by atoms with E-state index in [9.17, 15) is 4.79 Å². The summed E-state index contributed by atoms with van der Waals surface area (Å²) in [5, 5.41) is 14.9. The van der Waals surface area contributed by atoms with E-state index in [1.54, 1.807) is 0 Å². The largest absolute Gasteiger partial charge is 0.349 e. The van der Waals surface area contributed by atoms with Gasteiger partial charge in [0.15, 0.2) is 5.69 Å². The highest BCUT2D eigenvalue weighted by molar-refractivity contribution is 5.93. The number of benzene rings is 1. The Morgan fingerprint density at radius 1 is 1.23 bits per heavy atom. The first-order chi connectivity index (χ1) is 13.6. The van der Waals surface area contributed by atoms with E-state index in [0.717, 1.165) is 51.1 Å². The second-order valence-electron chi connectivity index (χ2n) is 8.00. The van der Waals surface area contributed by atoms with Crippen molar-refractivity contribution in [1.29, 1.82) is 0 Å². The maximum absolute atomic E-state index is 12.7. The number of hydrogen-bond acceptors (Lipinski definition) is 5. The zero-order chi connectivity index (χ0) is 19.5. The van der Waals surface area contributed by atoms with Gasteiger partial charge in [0, 0.05) is 25.7 Å². The van der Waals surface area contributed by atoms with Crippen molar-refractivity contribution in [3.8, 4) is 0 Å². The molecular formula is C21H32Cl2N6O. The Labute approximate surface area is 190 Å². The lowest BCUT2D eigenvalue weighted by Gasteiger charge is -2.33. The summed E-state index contributed by atoms with van der Waals surface area (Å²) in [5.74, 6) is -0.123. The van der Waals surface area contributed by atoms with E-state index in [1.807, 2.05) is 11.6 Å². The highest BCUT2D eigenvalue weighted by Gasteiger charge is 2.24. The quantitative estimate of drug-likeness (QED) is 0.725. The van der Waals surface area contributed by atoms with Crippen LogP contribution in [0.1, 0.15) is 53.1 Å². The van der Waals surface area contributed by atoms with Crippen LogP contribution >= 0.6 is 24.8 Å². The topological polar surface area (TPSA) is 75.1 Å². The molecule has 0 spiro atoms. The van der Waals surface area contributed by atoms with Crippen molar-refractivity contribution in [2.75, 3.05) is 26.2 Å². The molecule has 0 aliphatic carbocycles. The smallest absolute Gasteiger partial charge is 0.273 e. The minimum Gasteiger partial charge on any atom is -0.349 e. The predicted molar refractivity (Wildman–Crippen MR) is 123 cm³/mol. The lowest BCUT2D eigenvalue weighted by molar-refractivity contribution is 0.0926. The summed E-state index contributed by atoms with van der Waals surface area (Å²) < 4.78 is 1.93. The molecule has 2 N–H and O–H groups in total. The van der Waals surface area contributed by atoms with Crippen LogP contribution in [0.3, 0.4) is 0 Å². The van der Waals surface area contributed by atoms with Crippen molar-refractivity contribution in [2.24, 2.45) is 0 Å². The van der Waals surface area contributed by atoms with Crippen LogP contribution in [0.15, 0.2) is 24.3 Å². The van der Waals surface area contributed by atoms with Gasteiger partial charge >= 0.3 is 0 Å². The number of fused-ring (bicyclic) bond motifs is 1. The van der Waals surface area contributed by atoms with Crippen LogP contribution in [-0.4, -0.2) is 58.0 Å². The Hall–Kier alpha value is -1.67. The minimum atomic E-state index is -0.123. The van der Waals surface area contributed by atoms with Gasteiger partial charge in [0.1, 0.15) is 0 Å². The Bertz CT molecular complexity index is 837. The summed E-state index contributed by atoms with van der Waals surface area (Å²) in [7, 11) is 0. The molecule has 1 aromatic carbocycles. The number of rotatable bonds is 5. The van der Waals surface area contributed by atoms with Gasteiger partial charge in [0.2, 0.25) is 0 Å². The van der Waals surface area contributed by atoms with Gasteiger partial charge in [-0.25, -0.2) is 4.68 Å². The van der Waals surface area contributed by atoms with Crippen LogP contribution in [0.5, 0.6) is 0 Å². The molecule has 1 saturated heterocycles. The molecule has 2 aromatic rings. The number of hydrogen-bond donors (Lipinski definition) is 2. The molecule has 4 rings (SSSR count). The van der Waals surface area contributed by atoms with Crippen molar-refractivity contribution in [2.45, 2.75) is 51.7 Å². The lowest BCUT2D eigenvalue weighted by Crippen LogP contribution is -2.44. The van der Waals surface area contributed by atoms with Crippen molar-refractivity contribution < 1.29 is 4.79 Å². The van der Waals surface area contributed by atoms with Gasteiger partial charge in [0.25, 0.3) is 5.91 Å². The molecule has 30 heavy (non-hydrogen) atoms.